The summed E-state index contributed by atoms with van der Waals surface area (Å²) < 4.78 is 0. The number of nitrogens with two attached hydrogens (primary N) is 1. The highest BCUT2D eigenvalue weighted by molar-refractivity contribution is 5.90. The van der Waals surface area contributed by atoms with E-state index in [1.165, 1.54) is 12.8 Å². The van der Waals surface area contributed by atoms with Gasteiger partial charge in [-0.2, -0.15) is 0 Å². The first kappa shape index (κ1) is 12.6. The molecule has 0 atom stereocenters. The van der Waals surface area contributed by atoms with Gasteiger partial charge in [-0.05, 0) is 25.0 Å². The van der Waals surface area contributed by atoms with Gasteiger partial charge in [0.15, 0.2) is 0 Å². The van der Waals surface area contributed by atoms with E-state index in [9.17, 15) is 4.79 Å². The van der Waals surface area contributed by atoms with Gasteiger partial charge in [0.1, 0.15) is 0 Å². The van der Waals surface area contributed by atoms with E-state index in [-0.39, 0.29) is 11.8 Å². The SMILES string of the molecule is Nc1ccccc1N=CNC(=O)C1CCCCC1. The first-order chi connectivity index (χ1) is 8.77. The maximum absolute atomic E-state index is 11.8. The number of anilines is 1. The number of nitrogens with one attached hydrogen (secondary N) is 1. The molecule has 0 aromatic heterocycles. The molecule has 1 aliphatic carbocycles. The second kappa shape index (κ2) is 6.19. The molecule has 1 aliphatic rings. The topological polar surface area (TPSA) is 67.5 Å². The van der Waals surface area contributed by atoms with Crippen molar-refractivity contribution in [1.82, 2.24) is 5.32 Å². The molecular weight excluding hydrogens is 226 g/mol. The fraction of sp³-hybridized carbons (Fsp3) is 0.429. The van der Waals surface area contributed by atoms with Crippen molar-refractivity contribution in [2.45, 2.75) is 32.1 Å². The smallest absolute Gasteiger partial charge is 0.228 e. The average molecular weight is 245 g/mol. The van der Waals surface area contributed by atoms with Crippen LogP contribution in [0.2, 0.25) is 0 Å². The first-order valence-electron chi connectivity index (χ1n) is 6.45. The second-order valence-corrected chi connectivity index (χ2v) is 4.66. The van der Waals surface area contributed by atoms with Gasteiger partial charge in [0.2, 0.25) is 5.91 Å². The van der Waals surface area contributed by atoms with Gasteiger partial charge in [-0.3, -0.25) is 4.79 Å². The summed E-state index contributed by atoms with van der Waals surface area (Å²) in [7, 11) is 0. The van der Waals surface area contributed by atoms with E-state index in [4.69, 9.17) is 5.73 Å². The van der Waals surface area contributed by atoms with Gasteiger partial charge in [0.25, 0.3) is 0 Å². The van der Waals surface area contributed by atoms with E-state index in [0.717, 1.165) is 25.7 Å². The van der Waals surface area contributed by atoms with Crippen LogP contribution in [0.25, 0.3) is 0 Å². The van der Waals surface area contributed by atoms with Gasteiger partial charge in [-0.15, -0.1) is 0 Å². The van der Waals surface area contributed by atoms with Gasteiger partial charge >= 0.3 is 0 Å². The highest BCUT2D eigenvalue weighted by Crippen LogP contribution is 2.23. The Morgan fingerprint density at radius 3 is 2.72 bits per heavy atom. The van der Waals surface area contributed by atoms with Crippen molar-refractivity contribution in [3.63, 3.8) is 0 Å². The van der Waals surface area contributed by atoms with E-state index in [0.29, 0.717) is 11.4 Å². The number of hydrogen-bond donors (Lipinski definition) is 2. The fourth-order valence-electron chi connectivity index (χ4n) is 2.25. The molecule has 1 saturated carbocycles. The molecule has 3 N–H and O–H groups in total. The Hall–Kier alpha value is -1.84. The van der Waals surface area contributed by atoms with Gasteiger partial charge in [-0.1, -0.05) is 31.4 Å². The number of aliphatic imine (C=N–C) groups is 1. The standard InChI is InChI=1S/C14H19N3O/c15-12-8-4-5-9-13(12)16-10-17-14(18)11-6-2-1-3-7-11/h4-5,8-11H,1-3,6-7,15H2,(H,16,17,18). The number of carbonyl (C=O) groups excluding carboxylic acids is 1. The third-order valence-electron chi connectivity index (χ3n) is 3.32. The molecule has 1 amide bonds. The van der Waals surface area contributed by atoms with Crippen LogP contribution < -0.4 is 11.1 Å². The van der Waals surface area contributed by atoms with E-state index >= 15 is 0 Å². The van der Waals surface area contributed by atoms with Crippen molar-refractivity contribution in [1.29, 1.82) is 0 Å². The first-order valence-corrected chi connectivity index (χ1v) is 6.45. The van der Waals surface area contributed by atoms with Crippen LogP contribution in [0.3, 0.4) is 0 Å². The normalized spacial score (nSPS) is 16.9. The average Bonchev–Trinajstić information content (AvgIpc) is 2.42. The molecule has 2 rings (SSSR count). The van der Waals surface area contributed by atoms with Gasteiger partial charge in [0, 0.05) is 5.92 Å². The fourth-order valence-corrected chi connectivity index (χ4v) is 2.25. The number of nitrogen functional groups attached to an aromatic ring is 1. The minimum Gasteiger partial charge on any atom is -0.397 e. The van der Waals surface area contributed by atoms with Crippen LogP contribution in [0.5, 0.6) is 0 Å². The van der Waals surface area contributed by atoms with Crippen LogP contribution in [0, 0.1) is 5.92 Å². The number of amides is 1. The van der Waals surface area contributed by atoms with Crippen molar-refractivity contribution < 1.29 is 4.79 Å². The summed E-state index contributed by atoms with van der Waals surface area (Å²) in [6.07, 6.45) is 6.99. The Bertz CT molecular complexity index is 436. The Morgan fingerprint density at radius 1 is 1.28 bits per heavy atom. The predicted octanol–water partition coefficient (Wildman–Crippen LogP) is 2.63. The molecule has 1 aromatic carbocycles. The second-order valence-electron chi connectivity index (χ2n) is 4.66. The minimum atomic E-state index is 0.0768. The molecule has 0 aliphatic heterocycles. The molecule has 0 unspecified atom stereocenters. The maximum atomic E-state index is 11.8. The Morgan fingerprint density at radius 2 is 2.00 bits per heavy atom. The minimum absolute atomic E-state index is 0.0768. The molecule has 0 heterocycles. The number of para-hydroxylation sites is 2. The number of benzene rings is 1. The molecule has 0 bridgehead atoms. The van der Waals surface area contributed by atoms with E-state index in [2.05, 4.69) is 10.3 Å². The molecule has 0 radical (unpaired) electrons. The summed E-state index contributed by atoms with van der Waals surface area (Å²) in [5, 5.41) is 2.74. The van der Waals surface area contributed by atoms with Crippen LogP contribution in [-0.2, 0) is 4.79 Å². The summed E-state index contributed by atoms with van der Waals surface area (Å²) in [4.78, 5) is 16.0. The van der Waals surface area contributed by atoms with Gasteiger partial charge in [0.05, 0.1) is 17.7 Å². The molecule has 18 heavy (non-hydrogen) atoms. The Kier molecular flexibility index (Phi) is 4.34. The molecule has 96 valence electrons. The Labute approximate surface area is 107 Å². The van der Waals surface area contributed by atoms with E-state index < -0.39 is 0 Å². The third kappa shape index (κ3) is 3.32. The highest BCUT2D eigenvalue weighted by atomic mass is 16.1. The number of rotatable bonds is 3. The van der Waals surface area contributed by atoms with Crippen LogP contribution in [0.1, 0.15) is 32.1 Å². The lowest BCUT2D eigenvalue weighted by atomic mass is 9.89. The van der Waals surface area contributed by atoms with E-state index in [1.54, 1.807) is 6.07 Å². The largest absolute Gasteiger partial charge is 0.397 e. The van der Waals surface area contributed by atoms with Crippen molar-refractivity contribution in [2.24, 2.45) is 10.9 Å². The molecule has 1 aromatic rings. The zero-order valence-electron chi connectivity index (χ0n) is 10.4. The molecule has 1 fully saturated rings. The van der Waals surface area contributed by atoms with Crippen LogP contribution in [-0.4, -0.2) is 12.2 Å². The van der Waals surface area contributed by atoms with Gasteiger partial charge in [-0.25, -0.2) is 4.99 Å². The van der Waals surface area contributed by atoms with E-state index in [1.807, 2.05) is 18.2 Å². The lowest BCUT2D eigenvalue weighted by molar-refractivity contribution is -0.124. The van der Waals surface area contributed by atoms with Crippen molar-refractivity contribution >= 4 is 23.6 Å². The zero-order chi connectivity index (χ0) is 12.8. The summed E-state index contributed by atoms with van der Waals surface area (Å²) in [5.41, 5.74) is 7.05. The van der Waals surface area contributed by atoms with Crippen LogP contribution >= 0.6 is 0 Å². The summed E-state index contributed by atoms with van der Waals surface area (Å²) >= 11 is 0. The maximum Gasteiger partial charge on any atom is 0.228 e. The number of nitrogens with zero attached hydrogens (tertiary/aromatic N) is 1. The van der Waals surface area contributed by atoms with Crippen molar-refractivity contribution in [3.05, 3.63) is 24.3 Å². The lowest BCUT2D eigenvalue weighted by Crippen LogP contribution is -2.30. The molecule has 0 saturated heterocycles. The van der Waals surface area contributed by atoms with Crippen LogP contribution in [0.15, 0.2) is 29.3 Å². The molecule has 0 spiro atoms. The number of carbonyl (C=O) groups is 1. The van der Waals surface area contributed by atoms with Crippen molar-refractivity contribution in [2.75, 3.05) is 5.73 Å². The Balaban J connectivity index is 1.87. The monoisotopic (exact) mass is 245 g/mol. The molecule has 4 nitrogen and oxygen atoms in total. The molecule has 4 heteroatoms. The van der Waals surface area contributed by atoms with Crippen molar-refractivity contribution in [3.8, 4) is 0 Å². The summed E-state index contributed by atoms with van der Waals surface area (Å²) in [6, 6.07) is 7.33. The van der Waals surface area contributed by atoms with Crippen LogP contribution in [0.4, 0.5) is 11.4 Å². The van der Waals surface area contributed by atoms with Gasteiger partial charge < -0.3 is 11.1 Å². The zero-order valence-corrected chi connectivity index (χ0v) is 10.4. The lowest BCUT2D eigenvalue weighted by Gasteiger charge is -2.19. The summed E-state index contributed by atoms with van der Waals surface area (Å²) in [5.74, 6) is 0.228. The predicted molar refractivity (Wildman–Crippen MR) is 73.7 cm³/mol. The summed E-state index contributed by atoms with van der Waals surface area (Å²) in [6.45, 7) is 0. The molecular formula is C14H19N3O. The highest BCUT2D eigenvalue weighted by Gasteiger charge is 2.19. The number of hydrogen-bond acceptors (Lipinski definition) is 3. The third-order valence-corrected chi connectivity index (χ3v) is 3.32. The quantitative estimate of drug-likeness (QED) is 0.488.